The van der Waals surface area contributed by atoms with Crippen molar-refractivity contribution in [3.05, 3.63) is 33.1 Å². The Morgan fingerprint density at radius 1 is 1.03 bits per heavy atom. The van der Waals surface area contributed by atoms with Crippen molar-refractivity contribution in [2.75, 3.05) is 20.0 Å². The number of H-pyrrole nitrogens is 1. The molecule has 3 heterocycles. The minimum Gasteiger partial charge on any atom is -0.463 e. The van der Waals surface area contributed by atoms with Crippen LogP contribution in [0.4, 0.5) is 0 Å². The van der Waals surface area contributed by atoms with Crippen LogP contribution in [0.15, 0.2) is 21.9 Å². The first-order valence-electron chi connectivity index (χ1n) is 11.6. The monoisotopic (exact) mass is 546 g/mol. The maximum atomic E-state index is 12.2. The Balaban J connectivity index is 1.72. The second kappa shape index (κ2) is 13.1. The highest BCUT2D eigenvalue weighted by Gasteiger charge is 2.47. The summed E-state index contributed by atoms with van der Waals surface area (Å²) in [6, 6.07) is 1.07. The first-order valence-corrected chi connectivity index (χ1v) is 11.6. The first kappa shape index (κ1) is 29.4. The van der Waals surface area contributed by atoms with E-state index in [0.29, 0.717) is 0 Å². The van der Waals surface area contributed by atoms with Crippen LogP contribution in [0.5, 0.6) is 0 Å². The number of rotatable bonds is 10. The molecule has 38 heavy (non-hydrogen) atoms. The van der Waals surface area contributed by atoms with Gasteiger partial charge in [0.05, 0.1) is 6.61 Å². The van der Waals surface area contributed by atoms with Crippen LogP contribution in [0.25, 0.3) is 0 Å². The lowest BCUT2D eigenvalue weighted by Gasteiger charge is -2.39. The highest BCUT2D eigenvalue weighted by molar-refractivity contribution is 5.67. The molecule has 3 rings (SSSR count). The molecule has 16 heteroatoms. The standard InChI is InChI=1S/C22H30N2O14/c1-10(26)32-8-15-19(36-12(3)28)13(35-11(2)27)6-17(37-15)33-9-34-20-18(30)14(7-25)38-21(20)24-5-4-16(29)23-22(24)31/h4-5,13-15,17-21,25,30H,6-9H2,1-3H3,(H,23,29,31)/t13-,14-,15-,17-,18?,19-,20?,21-/m1/s1. The van der Waals surface area contributed by atoms with Crippen molar-refractivity contribution in [1.29, 1.82) is 0 Å². The minimum atomic E-state index is -1.38. The van der Waals surface area contributed by atoms with E-state index in [-0.39, 0.29) is 13.0 Å². The van der Waals surface area contributed by atoms with Gasteiger partial charge in [0, 0.05) is 39.5 Å². The lowest BCUT2D eigenvalue weighted by atomic mass is 10.0. The van der Waals surface area contributed by atoms with Crippen LogP contribution >= 0.6 is 0 Å². The highest BCUT2D eigenvalue weighted by atomic mass is 16.8. The Hall–Kier alpha value is -3.15. The van der Waals surface area contributed by atoms with Gasteiger partial charge in [0.25, 0.3) is 5.56 Å². The zero-order valence-corrected chi connectivity index (χ0v) is 20.8. The highest BCUT2D eigenvalue weighted by Crippen LogP contribution is 2.31. The van der Waals surface area contributed by atoms with Crippen LogP contribution in [0.3, 0.4) is 0 Å². The van der Waals surface area contributed by atoms with E-state index in [4.69, 9.17) is 33.2 Å². The number of hydrogen-bond donors (Lipinski definition) is 3. The lowest BCUT2D eigenvalue weighted by Crippen LogP contribution is -2.54. The van der Waals surface area contributed by atoms with E-state index < -0.39 is 91.7 Å². The van der Waals surface area contributed by atoms with Crippen molar-refractivity contribution >= 4 is 17.9 Å². The predicted octanol–water partition coefficient (Wildman–Crippen LogP) is -2.31. The Kier molecular flexibility index (Phi) is 10.1. The summed E-state index contributed by atoms with van der Waals surface area (Å²) < 4.78 is 39.0. The molecule has 212 valence electrons. The van der Waals surface area contributed by atoms with Crippen LogP contribution in [0.1, 0.15) is 33.4 Å². The molecule has 8 atom stereocenters. The largest absolute Gasteiger partial charge is 0.463 e. The fourth-order valence-electron chi connectivity index (χ4n) is 4.10. The number of aromatic nitrogens is 2. The van der Waals surface area contributed by atoms with Gasteiger partial charge >= 0.3 is 23.6 Å². The van der Waals surface area contributed by atoms with Gasteiger partial charge in [-0.25, -0.2) is 4.79 Å². The van der Waals surface area contributed by atoms with Crippen LogP contribution in [0, 0.1) is 0 Å². The Morgan fingerprint density at radius 2 is 1.74 bits per heavy atom. The van der Waals surface area contributed by atoms with Crippen LogP contribution in [-0.2, 0) is 47.5 Å². The van der Waals surface area contributed by atoms with Gasteiger partial charge in [0.1, 0.15) is 37.1 Å². The van der Waals surface area contributed by atoms with E-state index in [1.165, 1.54) is 6.92 Å². The van der Waals surface area contributed by atoms with Gasteiger partial charge < -0.3 is 43.4 Å². The predicted molar refractivity (Wildman–Crippen MR) is 120 cm³/mol. The molecule has 2 aliphatic heterocycles. The van der Waals surface area contributed by atoms with Crippen molar-refractivity contribution < 1.29 is 57.8 Å². The third-order valence-electron chi connectivity index (χ3n) is 5.69. The maximum Gasteiger partial charge on any atom is 0.330 e. The van der Waals surface area contributed by atoms with Gasteiger partial charge in [-0.3, -0.25) is 28.7 Å². The number of hydrogen-bond acceptors (Lipinski definition) is 14. The summed E-state index contributed by atoms with van der Waals surface area (Å²) in [5.41, 5.74) is -1.47. The molecule has 2 aliphatic rings. The third kappa shape index (κ3) is 7.46. The number of nitrogens with zero attached hydrogens (tertiary/aromatic N) is 1. The SMILES string of the molecule is CC(=O)OC[C@H]1O[C@@H](OCOC2C(O)[C@@H](CO)O[C@H]2n2ccc(=O)[nH]c2=O)C[C@@H](OC(C)=O)[C@H]1OC(C)=O. The van der Waals surface area contributed by atoms with Crippen LogP contribution in [0.2, 0.25) is 0 Å². The van der Waals surface area contributed by atoms with E-state index in [0.717, 1.165) is 30.7 Å². The van der Waals surface area contributed by atoms with E-state index in [1.807, 2.05) is 0 Å². The summed E-state index contributed by atoms with van der Waals surface area (Å²) in [6.45, 7) is 2.04. The van der Waals surface area contributed by atoms with Crippen molar-refractivity contribution in [3.63, 3.8) is 0 Å². The topological polar surface area (TPSA) is 211 Å². The molecule has 0 amide bonds. The molecule has 16 nitrogen and oxygen atoms in total. The molecule has 0 saturated carbocycles. The van der Waals surface area contributed by atoms with Crippen LogP contribution in [-0.4, -0.2) is 101 Å². The molecule has 2 saturated heterocycles. The Labute approximate surface area is 215 Å². The second-order valence-electron chi connectivity index (χ2n) is 8.54. The smallest absolute Gasteiger partial charge is 0.330 e. The molecule has 0 spiro atoms. The summed E-state index contributed by atoms with van der Waals surface area (Å²) in [5, 5.41) is 20.1. The normalized spacial score (nSPS) is 31.0. The third-order valence-corrected chi connectivity index (χ3v) is 5.69. The number of ether oxygens (including phenoxy) is 7. The number of aromatic amines is 1. The number of carbonyl (C=O) groups excluding carboxylic acids is 3. The van der Waals surface area contributed by atoms with Gasteiger partial charge in [-0.1, -0.05) is 0 Å². The molecular weight excluding hydrogens is 516 g/mol. The number of aliphatic hydroxyl groups is 2. The van der Waals surface area contributed by atoms with E-state index >= 15 is 0 Å². The van der Waals surface area contributed by atoms with Crippen LogP contribution < -0.4 is 11.2 Å². The van der Waals surface area contributed by atoms with Gasteiger partial charge in [-0.15, -0.1) is 0 Å². The van der Waals surface area contributed by atoms with Gasteiger partial charge in [-0.05, 0) is 0 Å². The number of esters is 3. The van der Waals surface area contributed by atoms with Crippen molar-refractivity contribution in [2.45, 2.75) is 76.3 Å². The maximum absolute atomic E-state index is 12.2. The molecule has 0 aromatic carbocycles. The molecule has 0 aliphatic carbocycles. The second-order valence-corrected chi connectivity index (χ2v) is 8.54. The number of nitrogens with one attached hydrogen (secondary N) is 1. The molecule has 0 radical (unpaired) electrons. The van der Waals surface area contributed by atoms with Crippen molar-refractivity contribution in [1.82, 2.24) is 9.55 Å². The molecule has 1 aromatic heterocycles. The summed E-state index contributed by atoms with van der Waals surface area (Å²) in [5.74, 6) is -1.96. The van der Waals surface area contributed by atoms with Gasteiger partial charge in [0.15, 0.2) is 25.4 Å². The molecule has 1 aromatic rings. The molecule has 0 bridgehead atoms. The average molecular weight is 546 g/mol. The molecule has 2 fully saturated rings. The summed E-state index contributed by atoms with van der Waals surface area (Å²) in [7, 11) is 0. The number of carbonyl (C=O) groups is 3. The zero-order chi connectivity index (χ0) is 28.0. The van der Waals surface area contributed by atoms with Crippen molar-refractivity contribution in [3.8, 4) is 0 Å². The minimum absolute atomic E-state index is 0.0940. The number of aliphatic hydroxyl groups excluding tert-OH is 2. The summed E-state index contributed by atoms with van der Waals surface area (Å²) >= 11 is 0. The quantitative estimate of drug-likeness (QED) is 0.160. The molecule has 3 N–H and O–H groups in total. The Bertz CT molecular complexity index is 1100. The van der Waals surface area contributed by atoms with Gasteiger partial charge in [-0.2, -0.15) is 0 Å². The van der Waals surface area contributed by atoms with Gasteiger partial charge in [0.2, 0.25) is 0 Å². The van der Waals surface area contributed by atoms with E-state index in [9.17, 15) is 34.2 Å². The zero-order valence-electron chi connectivity index (χ0n) is 20.8. The Morgan fingerprint density at radius 3 is 2.34 bits per heavy atom. The fourth-order valence-corrected chi connectivity index (χ4v) is 4.10. The summed E-state index contributed by atoms with van der Waals surface area (Å²) in [4.78, 5) is 60.3. The van der Waals surface area contributed by atoms with E-state index in [1.54, 1.807) is 0 Å². The summed E-state index contributed by atoms with van der Waals surface area (Å²) in [6.07, 6.45) is -8.12. The van der Waals surface area contributed by atoms with E-state index in [2.05, 4.69) is 4.98 Å². The lowest BCUT2D eigenvalue weighted by molar-refractivity contribution is -0.289. The van der Waals surface area contributed by atoms with Crippen molar-refractivity contribution in [2.24, 2.45) is 0 Å². The molecule has 2 unspecified atom stereocenters. The fraction of sp³-hybridized carbons (Fsp3) is 0.682. The first-order chi connectivity index (χ1) is 18.0. The molecular formula is C22H30N2O14. The average Bonchev–Trinajstić information content (AvgIpc) is 3.14.